The van der Waals surface area contributed by atoms with Gasteiger partial charge in [0.05, 0.1) is 25.0 Å². The van der Waals surface area contributed by atoms with Crippen molar-refractivity contribution in [2.45, 2.75) is 25.4 Å². The van der Waals surface area contributed by atoms with Gasteiger partial charge < -0.3 is 18.9 Å². The van der Waals surface area contributed by atoms with Crippen molar-refractivity contribution in [2.75, 3.05) is 21.0 Å². The normalized spacial score (nSPS) is 13.9. The van der Waals surface area contributed by atoms with Gasteiger partial charge in [0.15, 0.2) is 19.4 Å². The van der Waals surface area contributed by atoms with Gasteiger partial charge in [-0.3, -0.25) is 0 Å². The van der Waals surface area contributed by atoms with Crippen LogP contribution in [0.5, 0.6) is 0 Å². The van der Waals surface area contributed by atoms with E-state index in [0.29, 0.717) is 0 Å². The van der Waals surface area contributed by atoms with Gasteiger partial charge in [-0.2, -0.15) is 10.5 Å². The Balaban J connectivity index is 3.66. The summed E-state index contributed by atoms with van der Waals surface area (Å²) in [6, 6.07) is 3.81. The summed E-state index contributed by atoms with van der Waals surface area (Å²) in [4.78, 5) is 0. The van der Waals surface area contributed by atoms with Crippen LogP contribution < -0.4 is 0 Å². The summed E-state index contributed by atoms with van der Waals surface area (Å²) in [6.07, 6.45) is -0.991. The van der Waals surface area contributed by atoms with Crippen molar-refractivity contribution >= 4 is 0 Å². The Bertz CT molecular complexity index is 209. The van der Waals surface area contributed by atoms with Crippen LogP contribution in [-0.4, -0.2) is 33.6 Å². The molecule has 0 fully saturated rings. The number of rotatable bonds is 8. The number of nitriles is 2. The average Bonchev–Trinajstić information content (AvgIpc) is 2.26. The van der Waals surface area contributed by atoms with E-state index in [-0.39, 0.29) is 19.6 Å². The van der Waals surface area contributed by atoms with E-state index in [4.69, 9.17) is 29.5 Å². The molecule has 0 saturated carbocycles. The molecule has 0 spiro atoms. The van der Waals surface area contributed by atoms with Crippen molar-refractivity contribution in [3.63, 3.8) is 0 Å². The van der Waals surface area contributed by atoms with Crippen molar-refractivity contribution in [3.05, 3.63) is 0 Å². The molecule has 0 aliphatic heterocycles. The van der Waals surface area contributed by atoms with Crippen LogP contribution in [0.25, 0.3) is 0 Å². The minimum absolute atomic E-state index is 0.0830. The molecule has 0 aromatic heterocycles. The highest BCUT2D eigenvalue weighted by Gasteiger charge is 2.10. The second-order valence-electron chi connectivity index (χ2n) is 2.51. The molecule has 0 amide bonds. The summed E-state index contributed by atoms with van der Waals surface area (Å²) in [5, 5.41) is 16.8. The van der Waals surface area contributed by atoms with Gasteiger partial charge in [-0.05, 0) is 0 Å². The molecule has 2 atom stereocenters. The lowest BCUT2D eigenvalue weighted by atomic mass is 10.4. The predicted octanol–water partition coefficient (Wildman–Crippen LogP) is 0.749. The molecule has 0 N–H and O–H groups in total. The third-order valence-corrected chi connectivity index (χ3v) is 1.55. The maximum Gasteiger partial charge on any atom is 0.172 e. The van der Waals surface area contributed by atoms with Crippen LogP contribution in [0.4, 0.5) is 0 Å². The molecular weight excluding hydrogens is 200 g/mol. The fourth-order valence-electron chi connectivity index (χ4n) is 0.761. The van der Waals surface area contributed by atoms with Crippen LogP contribution >= 0.6 is 0 Å². The van der Waals surface area contributed by atoms with Crippen LogP contribution in [0.2, 0.25) is 0 Å². The molecule has 84 valence electrons. The van der Waals surface area contributed by atoms with Crippen LogP contribution in [0, 0.1) is 22.7 Å². The van der Waals surface area contributed by atoms with Crippen LogP contribution in [0.1, 0.15) is 12.8 Å². The molecule has 0 aliphatic rings. The lowest BCUT2D eigenvalue weighted by Crippen LogP contribution is -2.21. The van der Waals surface area contributed by atoms with E-state index in [2.05, 4.69) is 0 Å². The molecule has 15 heavy (non-hydrogen) atoms. The Labute approximate surface area is 88.9 Å². The summed E-state index contributed by atoms with van der Waals surface area (Å²) in [6.45, 7) is -0.0830. The highest BCUT2D eigenvalue weighted by Crippen LogP contribution is 2.02. The summed E-state index contributed by atoms with van der Waals surface area (Å²) >= 11 is 0. The average molecular weight is 214 g/mol. The predicted molar refractivity (Wildman–Crippen MR) is 49.1 cm³/mol. The van der Waals surface area contributed by atoms with E-state index in [1.807, 2.05) is 12.1 Å². The Morgan fingerprint density at radius 1 is 0.933 bits per heavy atom. The molecule has 0 radical (unpaired) electrons. The highest BCUT2D eigenvalue weighted by molar-refractivity contribution is 4.71. The summed E-state index contributed by atoms with van der Waals surface area (Å²) < 4.78 is 19.8. The Morgan fingerprint density at radius 2 is 1.33 bits per heavy atom. The number of nitrogens with zero attached hydrogens (tertiary/aromatic N) is 2. The van der Waals surface area contributed by atoms with Gasteiger partial charge in [0, 0.05) is 14.2 Å². The molecule has 2 unspecified atom stereocenters. The van der Waals surface area contributed by atoms with Gasteiger partial charge in [-0.1, -0.05) is 0 Å². The standard InChI is InChI=1S/C9H14N2O4/c1-12-8(3-5-10)14-7-15-9(13-2)4-6-11/h8-9H,3-4,7H2,1-2H3. The number of hydrogen-bond donors (Lipinski definition) is 0. The van der Waals surface area contributed by atoms with Crippen molar-refractivity contribution in [2.24, 2.45) is 0 Å². The summed E-state index contributed by atoms with van der Waals surface area (Å²) in [5.74, 6) is 0. The molecule has 0 aromatic carbocycles. The summed E-state index contributed by atoms with van der Waals surface area (Å²) in [5.41, 5.74) is 0. The molecular formula is C9H14N2O4. The molecule has 0 rings (SSSR count). The molecule has 0 aromatic rings. The van der Waals surface area contributed by atoms with Crippen molar-refractivity contribution in [1.29, 1.82) is 10.5 Å². The Morgan fingerprint density at radius 3 is 1.60 bits per heavy atom. The zero-order chi connectivity index (χ0) is 11.5. The molecule has 6 heteroatoms. The van der Waals surface area contributed by atoms with E-state index in [0.717, 1.165) is 0 Å². The lowest BCUT2D eigenvalue weighted by molar-refractivity contribution is -0.231. The first-order valence-corrected chi connectivity index (χ1v) is 4.31. The molecule has 0 heterocycles. The minimum atomic E-state index is -0.616. The fourth-order valence-corrected chi connectivity index (χ4v) is 0.761. The largest absolute Gasteiger partial charge is 0.355 e. The Hall–Kier alpha value is -1.18. The van der Waals surface area contributed by atoms with Gasteiger partial charge in [0.1, 0.15) is 0 Å². The topological polar surface area (TPSA) is 84.5 Å². The van der Waals surface area contributed by atoms with Crippen molar-refractivity contribution in [1.82, 2.24) is 0 Å². The second kappa shape index (κ2) is 9.38. The first kappa shape index (κ1) is 13.8. The Kier molecular flexibility index (Phi) is 8.64. The number of hydrogen-bond acceptors (Lipinski definition) is 6. The van der Waals surface area contributed by atoms with E-state index < -0.39 is 12.6 Å². The van der Waals surface area contributed by atoms with Gasteiger partial charge in [-0.15, -0.1) is 0 Å². The van der Waals surface area contributed by atoms with Gasteiger partial charge >= 0.3 is 0 Å². The van der Waals surface area contributed by atoms with Gasteiger partial charge in [0.25, 0.3) is 0 Å². The first-order valence-electron chi connectivity index (χ1n) is 4.31. The minimum Gasteiger partial charge on any atom is -0.355 e. The second-order valence-corrected chi connectivity index (χ2v) is 2.51. The SMILES string of the molecule is COC(CC#N)OCOC(CC#N)OC. The fraction of sp³-hybridized carbons (Fsp3) is 0.778. The molecule has 6 nitrogen and oxygen atoms in total. The molecule has 0 saturated heterocycles. The van der Waals surface area contributed by atoms with Crippen molar-refractivity contribution < 1.29 is 18.9 Å². The van der Waals surface area contributed by atoms with Crippen LogP contribution in [0.15, 0.2) is 0 Å². The highest BCUT2D eigenvalue weighted by atomic mass is 16.8. The van der Waals surface area contributed by atoms with E-state index in [1.165, 1.54) is 14.2 Å². The smallest absolute Gasteiger partial charge is 0.172 e. The maximum atomic E-state index is 8.39. The zero-order valence-electron chi connectivity index (χ0n) is 8.80. The van der Waals surface area contributed by atoms with Crippen LogP contribution in [0.3, 0.4) is 0 Å². The number of methoxy groups -OCH3 is 2. The molecule has 0 bridgehead atoms. The van der Waals surface area contributed by atoms with E-state index in [1.54, 1.807) is 0 Å². The van der Waals surface area contributed by atoms with E-state index in [9.17, 15) is 0 Å². The van der Waals surface area contributed by atoms with Crippen LogP contribution in [-0.2, 0) is 18.9 Å². The summed E-state index contributed by atoms with van der Waals surface area (Å²) in [7, 11) is 2.87. The third-order valence-electron chi connectivity index (χ3n) is 1.55. The van der Waals surface area contributed by atoms with Gasteiger partial charge in [-0.25, -0.2) is 0 Å². The maximum absolute atomic E-state index is 8.39. The first-order chi connectivity index (χ1) is 7.28. The lowest BCUT2D eigenvalue weighted by Gasteiger charge is -2.16. The third kappa shape index (κ3) is 6.83. The number of ether oxygens (including phenoxy) is 4. The monoisotopic (exact) mass is 214 g/mol. The quantitative estimate of drug-likeness (QED) is 0.554. The zero-order valence-corrected chi connectivity index (χ0v) is 8.80. The van der Waals surface area contributed by atoms with E-state index >= 15 is 0 Å². The van der Waals surface area contributed by atoms with Crippen molar-refractivity contribution in [3.8, 4) is 12.1 Å². The van der Waals surface area contributed by atoms with Gasteiger partial charge in [0.2, 0.25) is 0 Å². The molecule has 0 aliphatic carbocycles.